The van der Waals surface area contributed by atoms with Crippen molar-refractivity contribution in [2.75, 3.05) is 19.8 Å². The standard InChI is InChI=1S/C12H22Cl2N2OSi/c1-12(2,3)18(4,5)17-7-6-16-9-15-10(13)8-11(16)14/h8H,6-7,9H2,1-5H3. The van der Waals surface area contributed by atoms with Crippen LogP contribution in [0.25, 0.3) is 0 Å². The van der Waals surface area contributed by atoms with Crippen LogP contribution in [0.1, 0.15) is 20.8 Å². The second-order valence-electron chi connectivity index (χ2n) is 5.96. The largest absolute Gasteiger partial charge is 0.415 e. The molecule has 1 heterocycles. The summed E-state index contributed by atoms with van der Waals surface area (Å²) in [5.74, 6) is 0. The highest BCUT2D eigenvalue weighted by Gasteiger charge is 2.37. The molecule has 0 bridgehead atoms. The Labute approximate surface area is 121 Å². The molecule has 0 amide bonds. The van der Waals surface area contributed by atoms with Crippen molar-refractivity contribution in [2.45, 2.75) is 38.9 Å². The molecule has 0 spiro atoms. The van der Waals surface area contributed by atoms with Crippen molar-refractivity contribution in [1.82, 2.24) is 4.90 Å². The van der Waals surface area contributed by atoms with Crippen LogP contribution in [0, 0.1) is 0 Å². The molecule has 0 fully saturated rings. The van der Waals surface area contributed by atoms with Crippen molar-refractivity contribution < 1.29 is 4.43 Å². The zero-order chi connectivity index (χ0) is 14.0. The minimum absolute atomic E-state index is 0.232. The van der Waals surface area contributed by atoms with Gasteiger partial charge in [-0.1, -0.05) is 44.0 Å². The second kappa shape index (κ2) is 5.95. The van der Waals surface area contributed by atoms with Gasteiger partial charge in [-0.2, -0.15) is 0 Å². The Balaban J connectivity index is 2.42. The second-order valence-corrected chi connectivity index (χ2v) is 11.5. The quantitative estimate of drug-likeness (QED) is 0.579. The van der Waals surface area contributed by atoms with Crippen LogP contribution in [-0.2, 0) is 4.43 Å². The molecule has 0 aliphatic carbocycles. The first-order valence-electron chi connectivity index (χ1n) is 6.09. The first kappa shape index (κ1) is 16.0. The summed E-state index contributed by atoms with van der Waals surface area (Å²) in [7, 11) is -1.68. The van der Waals surface area contributed by atoms with Gasteiger partial charge in [-0.05, 0) is 18.1 Å². The van der Waals surface area contributed by atoms with Gasteiger partial charge >= 0.3 is 0 Å². The van der Waals surface area contributed by atoms with Gasteiger partial charge in [-0.25, -0.2) is 0 Å². The van der Waals surface area contributed by atoms with Crippen molar-refractivity contribution in [1.29, 1.82) is 0 Å². The summed E-state index contributed by atoms with van der Waals surface area (Å²) in [5, 5.41) is 1.33. The monoisotopic (exact) mass is 308 g/mol. The third-order valence-corrected chi connectivity index (χ3v) is 8.68. The van der Waals surface area contributed by atoms with Crippen molar-refractivity contribution in [3.8, 4) is 0 Å². The predicted molar refractivity (Wildman–Crippen MR) is 81.9 cm³/mol. The lowest BCUT2D eigenvalue weighted by molar-refractivity contribution is 0.235. The molecule has 1 aliphatic rings. The fourth-order valence-corrected chi connectivity index (χ4v) is 2.75. The van der Waals surface area contributed by atoms with E-state index in [1.54, 1.807) is 6.08 Å². The topological polar surface area (TPSA) is 24.8 Å². The SMILES string of the molecule is CC(C)(C)[Si](C)(C)OCCN1CN=C(Cl)C=C1Cl. The molecule has 0 aromatic rings. The van der Waals surface area contributed by atoms with E-state index in [0.29, 0.717) is 23.6 Å². The molecule has 0 radical (unpaired) electrons. The highest BCUT2D eigenvalue weighted by atomic mass is 35.5. The molecule has 104 valence electrons. The van der Waals surface area contributed by atoms with Crippen LogP contribution < -0.4 is 0 Å². The van der Waals surface area contributed by atoms with Crippen LogP contribution in [0.15, 0.2) is 16.2 Å². The fraction of sp³-hybridized carbons (Fsp3) is 0.750. The van der Waals surface area contributed by atoms with Crippen LogP contribution in [0.3, 0.4) is 0 Å². The van der Waals surface area contributed by atoms with Gasteiger partial charge in [0.2, 0.25) is 0 Å². The molecule has 0 aromatic heterocycles. The van der Waals surface area contributed by atoms with Crippen LogP contribution in [-0.4, -0.2) is 38.2 Å². The first-order chi connectivity index (χ1) is 8.13. The van der Waals surface area contributed by atoms with E-state index < -0.39 is 8.32 Å². The van der Waals surface area contributed by atoms with Crippen molar-refractivity contribution in [2.24, 2.45) is 4.99 Å². The molecule has 0 atom stereocenters. The molecule has 18 heavy (non-hydrogen) atoms. The van der Waals surface area contributed by atoms with Crippen LogP contribution >= 0.6 is 23.2 Å². The summed E-state index contributed by atoms with van der Waals surface area (Å²) in [6.45, 7) is 13.1. The molecular formula is C12H22Cl2N2OSi. The summed E-state index contributed by atoms with van der Waals surface area (Å²) >= 11 is 11.9. The van der Waals surface area contributed by atoms with E-state index in [1.165, 1.54) is 0 Å². The third kappa shape index (κ3) is 4.26. The first-order valence-corrected chi connectivity index (χ1v) is 9.76. The average molecular weight is 309 g/mol. The lowest BCUT2D eigenvalue weighted by Gasteiger charge is -2.37. The van der Waals surface area contributed by atoms with Gasteiger partial charge in [0.25, 0.3) is 0 Å². The molecule has 0 N–H and O–H groups in total. The number of rotatable bonds is 4. The summed E-state index contributed by atoms with van der Waals surface area (Å²) in [6, 6.07) is 0. The Morgan fingerprint density at radius 2 is 2.00 bits per heavy atom. The summed E-state index contributed by atoms with van der Waals surface area (Å²) in [4.78, 5) is 6.09. The number of halogens is 2. The smallest absolute Gasteiger partial charge is 0.192 e. The maximum absolute atomic E-state index is 6.10. The van der Waals surface area contributed by atoms with Crippen LogP contribution in [0.4, 0.5) is 0 Å². The van der Waals surface area contributed by atoms with E-state index in [9.17, 15) is 0 Å². The molecule has 3 nitrogen and oxygen atoms in total. The minimum Gasteiger partial charge on any atom is -0.415 e. The van der Waals surface area contributed by atoms with Crippen LogP contribution in [0.5, 0.6) is 0 Å². The van der Waals surface area contributed by atoms with E-state index in [4.69, 9.17) is 27.6 Å². The average Bonchev–Trinajstić information content (AvgIpc) is 2.19. The minimum atomic E-state index is -1.68. The molecule has 0 saturated heterocycles. The summed E-state index contributed by atoms with van der Waals surface area (Å²) in [5.41, 5.74) is 0. The Bertz CT molecular complexity index is 362. The lowest BCUT2D eigenvalue weighted by Crippen LogP contribution is -2.42. The third-order valence-electron chi connectivity index (χ3n) is 3.56. The molecule has 0 aromatic carbocycles. The van der Waals surface area contributed by atoms with E-state index in [2.05, 4.69) is 38.9 Å². The van der Waals surface area contributed by atoms with E-state index in [0.717, 1.165) is 6.54 Å². The van der Waals surface area contributed by atoms with Gasteiger partial charge in [-0.3, -0.25) is 4.99 Å². The number of hydrogen-bond acceptors (Lipinski definition) is 3. The maximum Gasteiger partial charge on any atom is 0.192 e. The van der Waals surface area contributed by atoms with Gasteiger partial charge in [0.05, 0.1) is 6.61 Å². The number of aliphatic imine (C=N–C) groups is 1. The molecule has 6 heteroatoms. The van der Waals surface area contributed by atoms with Crippen molar-refractivity contribution in [3.05, 3.63) is 11.2 Å². The predicted octanol–water partition coefficient (Wildman–Crippen LogP) is 4.00. The van der Waals surface area contributed by atoms with Gasteiger partial charge < -0.3 is 9.33 Å². The Morgan fingerprint density at radius 3 is 2.50 bits per heavy atom. The van der Waals surface area contributed by atoms with Gasteiger partial charge in [0, 0.05) is 12.6 Å². The zero-order valence-electron chi connectivity index (χ0n) is 11.8. The maximum atomic E-state index is 6.10. The van der Waals surface area contributed by atoms with Crippen LogP contribution in [0.2, 0.25) is 18.1 Å². The molecule has 0 saturated carbocycles. The zero-order valence-corrected chi connectivity index (χ0v) is 14.3. The number of nitrogens with zero attached hydrogens (tertiary/aromatic N) is 2. The van der Waals surface area contributed by atoms with E-state index >= 15 is 0 Å². The van der Waals surface area contributed by atoms with Crippen molar-refractivity contribution in [3.63, 3.8) is 0 Å². The molecule has 1 rings (SSSR count). The highest BCUT2D eigenvalue weighted by molar-refractivity contribution is 6.74. The normalized spacial score (nSPS) is 17.6. The number of hydrogen-bond donors (Lipinski definition) is 0. The van der Waals surface area contributed by atoms with Gasteiger partial charge in [0.1, 0.15) is 17.0 Å². The van der Waals surface area contributed by atoms with Crippen molar-refractivity contribution >= 4 is 36.7 Å². The Hall–Kier alpha value is -0.0331. The van der Waals surface area contributed by atoms with E-state index in [-0.39, 0.29) is 5.04 Å². The number of allylic oxidation sites excluding steroid dienone is 1. The lowest BCUT2D eigenvalue weighted by atomic mass is 10.2. The molecule has 1 aliphatic heterocycles. The molecule has 0 unspecified atom stereocenters. The fourth-order valence-electron chi connectivity index (χ4n) is 1.26. The summed E-state index contributed by atoms with van der Waals surface area (Å²) in [6.07, 6.45) is 1.67. The van der Waals surface area contributed by atoms with Gasteiger partial charge in [-0.15, -0.1) is 0 Å². The Morgan fingerprint density at radius 1 is 1.39 bits per heavy atom. The highest BCUT2D eigenvalue weighted by Crippen LogP contribution is 2.36. The van der Waals surface area contributed by atoms with E-state index in [1.807, 2.05) is 4.90 Å². The Kier molecular flexibility index (Phi) is 5.29. The summed E-state index contributed by atoms with van der Waals surface area (Å²) < 4.78 is 6.10. The van der Waals surface area contributed by atoms with Gasteiger partial charge in [0.15, 0.2) is 8.32 Å². The molecular weight excluding hydrogens is 287 g/mol.